The molecule has 15 heavy (non-hydrogen) atoms. The molecule has 0 aromatic carbocycles. The van der Waals surface area contributed by atoms with Crippen LogP contribution in [-0.4, -0.2) is 45.0 Å². The Labute approximate surface area is 91.5 Å². The molecule has 0 aliphatic carbocycles. The van der Waals surface area contributed by atoms with Crippen molar-refractivity contribution in [1.82, 2.24) is 10.6 Å². The first-order valence-electron chi connectivity index (χ1n) is 4.84. The Bertz CT molecular complexity index is 304. The molecule has 0 saturated carbocycles. The summed E-state index contributed by atoms with van der Waals surface area (Å²) < 4.78 is 22.5. The number of sulfone groups is 1. The second-order valence-corrected chi connectivity index (χ2v) is 7.14. The maximum atomic E-state index is 11.6. The van der Waals surface area contributed by atoms with Gasteiger partial charge in [0.15, 0.2) is 9.84 Å². The number of nitrogens with one attached hydrogen (secondary N) is 2. The molecule has 90 valence electrons. The van der Waals surface area contributed by atoms with E-state index in [-0.39, 0.29) is 18.2 Å². The Morgan fingerprint density at radius 1 is 1.27 bits per heavy atom. The number of likely N-dealkylation sites (N-methyl/N-ethyl adjacent to an activating group) is 1. The maximum Gasteiger partial charge on any atom is 0.233 e. The van der Waals surface area contributed by atoms with Crippen LogP contribution in [-0.2, 0) is 14.6 Å². The van der Waals surface area contributed by atoms with Crippen molar-refractivity contribution in [1.29, 1.82) is 0 Å². The lowest BCUT2D eigenvalue weighted by Gasteiger charge is -2.19. The van der Waals surface area contributed by atoms with E-state index in [1.807, 2.05) is 0 Å². The van der Waals surface area contributed by atoms with E-state index < -0.39 is 14.6 Å². The fourth-order valence-electron chi connectivity index (χ4n) is 0.803. The Hall–Kier alpha value is -0.620. The summed E-state index contributed by atoms with van der Waals surface area (Å²) in [5, 5.41) is 5.22. The van der Waals surface area contributed by atoms with Crippen molar-refractivity contribution in [2.45, 2.75) is 25.5 Å². The van der Waals surface area contributed by atoms with Gasteiger partial charge in [-0.1, -0.05) is 0 Å². The number of hydrogen-bond acceptors (Lipinski definition) is 4. The fourth-order valence-corrected chi connectivity index (χ4v) is 1.83. The van der Waals surface area contributed by atoms with Crippen LogP contribution in [0.3, 0.4) is 0 Å². The van der Waals surface area contributed by atoms with E-state index in [2.05, 4.69) is 10.6 Å². The molecule has 0 spiro atoms. The number of carbonyl (C=O) groups is 1. The van der Waals surface area contributed by atoms with Gasteiger partial charge in [-0.3, -0.25) is 4.79 Å². The Morgan fingerprint density at radius 2 is 1.80 bits per heavy atom. The zero-order valence-electron chi connectivity index (χ0n) is 9.75. The molecule has 0 saturated heterocycles. The number of carbonyl (C=O) groups excluding carboxylic acids is 1. The quantitative estimate of drug-likeness (QED) is 0.633. The van der Waals surface area contributed by atoms with Crippen molar-refractivity contribution in [3.63, 3.8) is 0 Å². The van der Waals surface area contributed by atoms with E-state index >= 15 is 0 Å². The third kappa shape index (κ3) is 5.13. The molecule has 2 N–H and O–H groups in total. The SMILES string of the molecule is CNC(=O)CNCCS(=O)(=O)C(C)(C)C. The van der Waals surface area contributed by atoms with Gasteiger partial charge in [0, 0.05) is 13.6 Å². The van der Waals surface area contributed by atoms with Crippen LogP contribution in [0.4, 0.5) is 0 Å². The summed E-state index contributed by atoms with van der Waals surface area (Å²) in [5.41, 5.74) is 0. The Balaban J connectivity index is 3.93. The summed E-state index contributed by atoms with van der Waals surface area (Å²) in [7, 11) is -1.56. The van der Waals surface area contributed by atoms with Crippen molar-refractivity contribution in [3.05, 3.63) is 0 Å². The number of rotatable bonds is 5. The normalized spacial score (nSPS) is 12.5. The Morgan fingerprint density at radius 3 is 2.20 bits per heavy atom. The topological polar surface area (TPSA) is 75.3 Å². The molecule has 0 heterocycles. The van der Waals surface area contributed by atoms with E-state index in [9.17, 15) is 13.2 Å². The maximum absolute atomic E-state index is 11.6. The molecule has 6 heteroatoms. The van der Waals surface area contributed by atoms with Gasteiger partial charge in [-0.25, -0.2) is 8.42 Å². The Kier molecular flexibility index (Phi) is 5.23. The molecule has 0 fully saturated rings. The summed E-state index contributed by atoms with van der Waals surface area (Å²) in [5.74, 6) is -0.101. The van der Waals surface area contributed by atoms with Crippen LogP contribution in [0.2, 0.25) is 0 Å². The molecule has 0 unspecified atom stereocenters. The van der Waals surface area contributed by atoms with Crippen LogP contribution in [0, 0.1) is 0 Å². The first-order chi connectivity index (χ1) is 6.70. The highest BCUT2D eigenvalue weighted by molar-refractivity contribution is 7.92. The zero-order valence-corrected chi connectivity index (χ0v) is 10.6. The van der Waals surface area contributed by atoms with E-state index in [0.29, 0.717) is 6.54 Å². The largest absolute Gasteiger partial charge is 0.358 e. The minimum Gasteiger partial charge on any atom is -0.358 e. The van der Waals surface area contributed by atoms with Crippen molar-refractivity contribution >= 4 is 15.7 Å². The van der Waals surface area contributed by atoms with Gasteiger partial charge in [-0.15, -0.1) is 0 Å². The lowest BCUT2D eigenvalue weighted by molar-refractivity contribution is -0.119. The predicted octanol–water partition coefficient (Wildman–Crippen LogP) is -0.465. The van der Waals surface area contributed by atoms with Crippen LogP contribution in [0.5, 0.6) is 0 Å². The molecule has 0 aromatic rings. The first kappa shape index (κ1) is 14.4. The average molecular weight is 236 g/mol. The van der Waals surface area contributed by atoms with Gasteiger partial charge in [0.05, 0.1) is 17.0 Å². The molecular weight excluding hydrogens is 216 g/mol. The van der Waals surface area contributed by atoms with E-state index in [1.165, 1.54) is 7.05 Å². The molecule has 0 bridgehead atoms. The van der Waals surface area contributed by atoms with Gasteiger partial charge >= 0.3 is 0 Å². The van der Waals surface area contributed by atoms with Gasteiger partial charge in [-0.05, 0) is 20.8 Å². The van der Waals surface area contributed by atoms with Crippen LogP contribution in [0.15, 0.2) is 0 Å². The standard InChI is InChI=1S/C9H20N2O3S/c1-9(2,3)15(13,14)6-5-11-7-8(12)10-4/h11H,5-7H2,1-4H3,(H,10,12). The minimum absolute atomic E-state index is 0.0491. The monoisotopic (exact) mass is 236 g/mol. The second-order valence-electron chi connectivity index (χ2n) is 4.28. The highest BCUT2D eigenvalue weighted by Crippen LogP contribution is 2.14. The molecule has 0 rings (SSSR count). The van der Waals surface area contributed by atoms with Crippen molar-refractivity contribution in [2.24, 2.45) is 0 Å². The molecular formula is C9H20N2O3S. The van der Waals surface area contributed by atoms with Crippen LogP contribution in [0.25, 0.3) is 0 Å². The summed E-state index contributed by atoms with van der Waals surface area (Å²) >= 11 is 0. The number of hydrogen-bond donors (Lipinski definition) is 2. The van der Waals surface area contributed by atoms with Gasteiger partial charge in [0.1, 0.15) is 0 Å². The first-order valence-corrected chi connectivity index (χ1v) is 6.49. The van der Waals surface area contributed by atoms with Crippen molar-refractivity contribution < 1.29 is 13.2 Å². The van der Waals surface area contributed by atoms with Crippen LogP contribution < -0.4 is 10.6 Å². The van der Waals surface area contributed by atoms with Crippen LogP contribution in [0.1, 0.15) is 20.8 Å². The molecule has 0 aliphatic heterocycles. The molecule has 0 aromatic heterocycles. The third-order valence-corrected chi connectivity index (χ3v) is 4.65. The van der Waals surface area contributed by atoms with Crippen LogP contribution >= 0.6 is 0 Å². The highest BCUT2D eigenvalue weighted by atomic mass is 32.2. The van der Waals surface area contributed by atoms with E-state index in [0.717, 1.165) is 0 Å². The predicted molar refractivity (Wildman–Crippen MR) is 60.5 cm³/mol. The second kappa shape index (κ2) is 5.46. The number of amides is 1. The molecule has 0 radical (unpaired) electrons. The smallest absolute Gasteiger partial charge is 0.233 e. The van der Waals surface area contributed by atoms with Crippen molar-refractivity contribution in [3.8, 4) is 0 Å². The van der Waals surface area contributed by atoms with E-state index in [1.54, 1.807) is 20.8 Å². The van der Waals surface area contributed by atoms with Gasteiger partial charge in [0.25, 0.3) is 0 Å². The molecule has 0 atom stereocenters. The zero-order chi connectivity index (χ0) is 12.1. The average Bonchev–Trinajstić information content (AvgIpc) is 2.10. The van der Waals surface area contributed by atoms with Gasteiger partial charge < -0.3 is 10.6 Å². The summed E-state index contributed by atoms with van der Waals surface area (Å²) in [4.78, 5) is 10.8. The third-order valence-electron chi connectivity index (χ3n) is 2.04. The summed E-state index contributed by atoms with van der Waals surface area (Å²) in [6.07, 6.45) is 0. The van der Waals surface area contributed by atoms with Gasteiger partial charge in [0.2, 0.25) is 5.91 Å². The lowest BCUT2D eigenvalue weighted by Crippen LogP contribution is -2.37. The van der Waals surface area contributed by atoms with Crippen molar-refractivity contribution in [2.75, 3.05) is 25.9 Å². The lowest BCUT2D eigenvalue weighted by atomic mass is 10.3. The molecule has 5 nitrogen and oxygen atoms in total. The van der Waals surface area contributed by atoms with E-state index in [4.69, 9.17) is 0 Å². The molecule has 1 amide bonds. The summed E-state index contributed by atoms with van der Waals surface area (Å²) in [6, 6.07) is 0. The minimum atomic E-state index is -3.10. The fraction of sp³-hybridized carbons (Fsp3) is 0.889. The summed E-state index contributed by atoms with van der Waals surface area (Å²) in [6.45, 7) is 5.45. The highest BCUT2D eigenvalue weighted by Gasteiger charge is 2.27. The molecule has 0 aliphatic rings. The van der Waals surface area contributed by atoms with Gasteiger partial charge in [-0.2, -0.15) is 0 Å².